The Morgan fingerprint density at radius 3 is 1.74 bits per heavy atom. The largest absolute Gasteiger partial charge is 0.481 e. The van der Waals surface area contributed by atoms with Crippen LogP contribution in [-0.4, -0.2) is 46.8 Å². The molecular formula is C25H38N4O6. The quantitative estimate of drug-likeness (QED) is 0.266. The summed E-state index contributed by atoms with van der Waals surface area (Å²) in [5.41, 5.74) is 1.67. The Morgan fingerprint density at radius 2 is 1.31 bits per heavy atom. The van der Waals surface area contributed by atoms with Crippen LogP contribution >= 0.6 is 0 Å². The molecule has 0 aliphatic carbocycles. The number of benzene rings is 1. The molecule has 0 saturated heterocycles. The molecule has 0 saturated carbocycles. The number of nitrogens with one attached hydrogen (secondary N) is 4. The molecule has 1 unspecified atom stereocenters. The first-order valence-electron chi connectivity index (χ1n) is 11.8. The Kier molecular flexibility index (Phi) is 12.5. The third-order valence-electron chi connectivity index (χ3n) is 5.43. The highest BCUT2D eigenvalue weighted by atomic mass is 16.4. The van der Waals surface area contributed by atoms with Gasteiger partial charge in [0.2, 0.25) is 23.6 Å². The molecule has 10 nitrogen and oxygen atoms in total. The van der Waals surface area contributed by atoms with Gasteiger partial charge in [0, 0.05) is 25.9 Å². The lowest BCUT2D eigenvalue weighted by Gasteiger charge is -2.23. The second kappa shape index (κ2) is 14.7. The van der Waals surface area contributed by atoms with Gasteiger partial charge in [-0.2, -0.15) is 0 Å². The average molecular weight is 491 g/mol. The molecule has 1 aromatic carbocycles. The number of carboxylic acid groups (broad SMARTS) is 1. The second-order valence-corrected chi connectivity index (χ2v) is 9.10. The topological polar surface area (TPSA) is 154 Å². The van der Waals surface area contributed by atoms with Crippen LogP contribution in [0.15, 0.2) is 24.3 Å². The molecule has 3 atom stereocenters. The lowest BCUT2D eigenvalue weighted by atomic mass is 10.0. The predicted octanol–water partition coefficient (Wildman–Crippen LogP) is 1.48. The summed E-state index contributed by atoms with van der Waals surface area (Å²) in [7, 11) is 0. The number of carbonyl (C=O) groups is 5. The van der Waals surface area contributed by atoms with E-state index in [-0.39, 0.29) is 24.3 Å². The van der Waals surface area contributed by atoms with E-state index in [4.69, 9.17) is 0 Å². The minimum Gasteiger partial charge on any atom is -0.481 e. The van der Waals surface area contributed by atoms with E-state index in [1.54, 1.807) is 12.1 Å². The number of carbonyl (C=O) groups excluding carboxylic acids is 4. The maximum absolute atomic E-state index is 12.7. The normalized spacial score (nSPS) is 13.3. The van der Waals surface area contributed by atoms with Crippen LogP contribution in [-0.2, 0) is 37.1 Å². The summed E-state index contributed by atoms with van der Waals surface area (Å²) in [4.78, 5) is 60.0. The Hall–Kier alpha value is -3.43. The fourth-order valence-electron chi connectivity index (χ4n) is 3.24. The first-order chi connectivity index (χ1) is 16.4. The smallest absolute Gasteiger partial charge is 0.305 e. The first-order valence-corrected chi connectivity index (χ1v) is 11.8. The molecule has 1 aromatic rings. The van der Waals surface area contributed by atoms with Gasteiger partial charge in [-0.3, -0.25) is 24.0 Å². The van der Waals surface area contributed by atoms with E-state index in [2.05, 4.69) is 21.3 Å². The molecule has 0 bridgehead atoms. The maximum Gasteiger partial charge on any atom is 0.305 e. The SMILES string of the molecule is CCC(C)C(=O)NCc1ccc(CNC(=O)[C@H](CC(=O)O)NC(=O)[C@H](CC(C)C)NC(C)=O)cc1. The Morgan fingerprint density at radius 1 is 0.800 bits per heavy atom. The molecule has 4 amide bonds. The zero-order valence-corrected chi connectivity index (χ0v) is 21.1. The molecule has 0 spiro atoms. The van der Waals surface area contributed by atoms with E-state index in [1.807, 2.05) is 39.8 Å². The summed E-state index contributed by atoms with van der Waals surface area (Å²) in [5, 5.41) is 19.7. The summed E-state index contributed by atoms with van der Waals surface area (Å²) in [6.45, 7) is 9.40. The van der Waals surface area contributed by atoms with Crippen LogP contribution in [0.2, 0.25) is 0 Å². The van der Waals surface area contributed by atoms with Gasteiger partial charge in [0.15, 0.2) is 0 Å². The fourth-order valence-corrected chi connectivity index (χ4v) is 3.24. The summed E-state index contributed by atoms with van der Waals surface area (Å²) in [5.74, 6) is -2.86. The molecule has 1 rings (SSSR count). The molecule has 194 valence electrons. The number of hydrogen-bond donors (Lipinski definition) is 5. The zero-order chi connectivity index (χ0) is 26.5. The summed E-state index contributed by atoms with van der Waals surface area (Å²) < 4.78 is 0. The van der Waals surface area contributed by atoms with Gasteiger partial charge in [-0.1, -0.05) is 52.0 Å². The number of rotatable bonds is 14. The van der Waals surface area contributed by atoms with Crippen LogP contribution < -0.4 is 21.3 Å². The van der Waals surface area contributed by atoms with Crippen LogP contribution in [0.5, 0.6) is 0 Å². The molecule has 0 aromatic heterocycles. The van der Waals surface area contributed by atoms with Crippen LogP contribution in [0.25, 0.3) is 0 Å². The van der Waals surface area contributed by atoms with Crippen molar-refractivity contribution in [2.45, 2.75) is 79.1 Å². The van der Waals surface area contributed by atoms with Crippen LogP contribution in [0.1, 0.15) is 65.0 Å². The monoisotopic (exact) mass is 490 g/mol. The second-order valence-electron chi connectivity index (χ2n) is 9.10. The van der Waals surface area contributed by atoms with Gasteiger partial charge in [-0.15, -0.1) is 0 Å². The van der Waals surface area contributed by atoms with Gasteiger partial charge in [-0.05, 0) is 29.9 Å². The molecule has 0 aliphatic heterocycles. The highest BCUT2D eigenvalue weighted by Crippen LogP contribution is 2.08. The third kappa shape index (κ3) is 11.5. The van der Waals surface area contributed by atoms with E-state index in [0.29, 0.717) is 13.0 Å². The average Bonchev–Trinajstić information content (AvgIpc) is 2.79. The minimum absolute atomic E-state index is 0.00973. The Bertz CT molecular complexity index is 884. The van der Waals surface area contributed by atoms with Gasteiger partial charge >= 0.3 is 5.97 Å². The van der Waals surface area contributed by atoms with E-state index in [0.717, 1.165) is 17.5 Å². The highest BCUT2D eigenvalue weighted by Gasteiger charge is 2.28. The van der Waals surface area contributed by atoms with Crippen molar-refractivity contribution < 1.29 is 29.1 Å². The van der Waals surface area contributed by atoms with Crippen molar-refractivity contribution in [2.75, 3.05) is 0 Å². The molecule has 10 heteroatoms. The number of aliphatic carboxylic acids is 1. The summed E-state index contributed by atoms with van der Waals surface area (Å²) in [6, 6.07) is 5.09. The summed E-state index contributed by atoms with van der Waals surface area (Å²) in [6.07, 6.45) is 0.511. The zero-order valence-electron chi connectivity index (χ0n) is 21.1. The predicted molar refractivity (Wildman–Crippen MR) is 131 cm³/mol. The van der Waals surface area contributed by atoms with Crippen LogP contribution in [0, 0.1) is 11.8 Å². The van der Waals surface area contributed by atoms with Gasteiger partial charge in [0.05, 0.1) is 6.42 Å². The molecule has 0 heterocycles. The van der Waals surface area contributed by atoms with E-state index >= 15 is 0 Å². The summed E-state index contributed by atoms with van der Waals surface area (Å²) >= 11 is 0. The van der Waals surface area contributed by atoms with Gasteiger partial charge in [0.25, 0.3) is 0 Å². The van der Waals surface area contributed by atoms with Crippen LogP contribution in [0.3, 0.4) is 0 Å². The van der Waals surface area contributed by atoms with Gasteiger partial charge in [-0.25, -0.2) is 0 Å². The molecule has 5 N–H and O–H groups in total. The number of amides is 4. The standard InChI is InChI=1S/C25H38N4O6/c1-6-16(4)23(33)26-13-18-7-9-19(10-8-18)14-27-24(34)21(12-22(31)32)29-25(35)20(11-15(2)3)28-17(5)30/h7-10,15-16,20-21H,6,11-14H2,1-5H3,(H,26,33)(H,27,34)(H,28,30)(H,29,35)(H,31,32)/t16?,20-,21-/m0/s1. The van der Waals surface area contributed by atoms with Crippen molar-refractivity contribution in [3.05, 3.63) is 35.4 Å². The molecule has 35 heavy (non-hydrogen) atoms. The molecular weight excluding hydrogens is 452 g/mol. The molecule has 0 radical (unpaired) electrons. The van der Waals surface area contributed by atoms with Crippen LogP contribution in [0.4, 0.5) is 0 Å². The third-order valence-corrected chi connectivity index (χ3v) is 5.43. The maximum atomic E-state index is 12.7. The lowest BCUT2D eigenvalue weighted by Crippen LogP contribution is -2.54. The Balaban J connectivity index is 2.73. The van der Waals surface area contributed by atoms with Crippen molar-refractivity contribution in [2.24, 2.45) is 11.8 Å². The van der Waals surface area contributed by atoms with E-state index in [9.17, 15) is 29.1 Å². The van der Waals surface area contributed by atoms with Crippen molar-refractivity contribution in [3.8, 4) is 0 Å². The van der Waals surface area contributed by atoms with Gasteiger partial charge < -0.3 is 26.4 Å². The highest BCUT2D eigenvalue weighted by molar-refractivity contribution is 5.93. The van der Waals surface area contributed by atoms with Crippen molar-refractivity contribution in [1.82, 2.24) is 21.3 Å². The number of hydrogen-bond acceptors (Lipinski definition) is 5. The minimum atomic E-state index is -1.29. The fraction of sp³-hybridized carbons (Fsp3) is 0.560. The number of carboxylic acids is 1. The molecule has 0 fully saturated rings. The van der Waals surface area contributed by atoms with Crippen molar-refractivity contribution in [3.63, 3.8) is 0 Å². The lowest BCUT2D eigenvalue weighted by molar-refractivity contribution is -0.141. The van der Waals surface area contributed by atoms with E-state index < -0.39 is 42.2 Å². The van der Waals surface area contributed by atoms with Crippen molar-refractivity contribution in [1.29, 1.82) is 0 Å². The van der Waals surface area contributed by atoms with E-state index in [1.165, 1.54) is 6.92 Å². The Labute approximate surface area is 206 Å². The van der Waals surface area contributed by atoms with Gasteiger partial charge in [0.1, 0.15) is 12.1 Å². The molecule has 0 aliphatic rings. The first kappa shape index (κ1) is 29.6. The van der Waals surface area contributed by atoms with Crippen molar-refractivity contribution >= 4 is 29.6 Å².